The molecule has 1 aliphatic heterocycles. The number of aliphatic carboxylic acids is 1. The summed E-state index contributed by atoms with van der Waals surface area (Å²) in [7, 11) is 1.49. The number of nitrogens with one attached hydrogen (secondary N) is 2. The molecule has 3 amide bonds. The second-order valence-electron chi connectivity index (χ2n) is 11.1. The van der Waals surface area contributed by atoms with Gasteiger partial charge >= 0.3 is 12.1 Å². The van der Waals surface area contributed by atoms with Gasteiger partial charge in [0, 0.05) is 25.8 Å². The van der Waals surface area contributed by atoms with Crippen LogP contribution in [0.2, 0.25) is 0 Å². The van der Waals surface area contributed by atoms with Crippen LogP contribution in [0.4, 0.5) is 4.79 Å². The van der Waals surface area contributed by atoms with E-state index in [1.165, 1.54) is 12.0 Å². The van der Waals surface area contributed by atoms with Crippen LogP contribution in [0.3, 0.4) is 0 Å². The first-order chi connectivity index (χ1) is 20.4. The Bertz CT molecular complexity index is 1300. The van der Waals surface area contributed by atoms with E-state index in [0.29, 0.717) is 30.9 Å². The molecule has 0 radical (unpaired) electrons. The maximum absolute atomic E-state index is 12.9. The molecule has 0 spiro atoms. The number of carboxylic acids is 1. The lowest BCUT2D eigenvalue weighted by Gasteiger charge is -2.36. The van der Waals surface area contributed by atoms with E-state index in [-0.39, 0.29) is 19.3 Å². The Labute approximate surface area is 250 Å². The van der Waals surface area contributed by atoms with Crippen molar-refractivity contribution >= 4 is 30.2 Å². The second-order valence-corrected chi connectivity index (χ2v) is 11.1. The van der Waals surface area contributed by atoms with E-state index in [4.69, 9.17) is 19.3 Å². The molecule has 3 N–H and O–H groups in total. The lowest BCUT2D eigenvalue weighted by molar-refractivity contribution is -0.138. The minimum Gasteiger partial charge on any atom is -0.496 e. The fourth-order valence-electron chi connectivity index (χ4n) is 4.55. The Morgan fingerprint density at radius 2 is 1.81 bits per heavy atom. The Kier molecular flexibility index (Phi) is 11.6. The van der Waals surface area contributed by atoms with Crippen molar-refractivity contribution in [1.29, 1.82) is 0 Å². The summed E-state index contributed by atoms with van der Waals surface area (Å²) < 4.78 is 16.4. The summed E-state index contributed by atoms with van der Waals surface area (Å²) in [6.45, 7) is 5.58. The van der Waals surface area contributed by atoms with Crippen molar-refractivity contribution < 1.29 is 43.3 Å². The van der Waals surface area contributed by atoms with E-state index >= 15 is 0 Å². The third-order valence-corrected chi connectivity index (χ3v) is 6.60. The zero-order valence-corrected chi connectivity index (χ0v) is 24.9. The number of methoxy groups -OCH3 is 1. The van der Waals surface area contributed by atoms with Crippen LogP contribution in [0.5, 0.6) is 5.75 Å². The predicted octanol–water partition coefficient (Wildman–Crippen LogP) is 3.17. The Balaban J connectivity index is 1.68. The van der Waals surface area contributed by atoms with Gasteiger partial charge in [-0.2, -0.15) is 0 Å². The molecular formula is C31H39N3O9. The van der Waals surface area contributed by atoms with Crippen LogP contribution in [-0.4, -0.2) is 84.8 Å². The number of amides is 3. The highest BCUT2D eigenvalue weighted by Gasteiger charge is 2.32. The van der Waals surface area contributed by atoms with Crippen molar-refractivity contribution in [3.05, 3.63) is 53.6 Å². The molecule has 0 saturated carbocycles. The topological polar surface area (TPSA) is 161 Å². The molecule has 0 aromatic heterocycles. The number of aldehydes is 1. The molecule has 1 heterocycles. The maximum atomic E-state index is 12.9. The van der Waals surface area contributed by atoms with E-state index in [0.717, 1.165) is 23.0 Å². The minimum atomic E-state index is -1.21. The summed E-state index contributed by atoms with van der Waals surface area (Å²) in [6, 6.07) is 11.4. The van der Waals surface area contributed by atoms with Gasteiger partial charge < -0.3 is 30.0 Å². The number of rotatable bonds is 12. The number of benzene rings is 2. The summed E-state index contributed by atoms with van der Waals surface area (Å²) in [5.41, 5.74) is 2.07. The molecule has 232 valence electrons. The van der Waals surface area contributed by atoms with E-state index in [9.17, 15) is 24.0 Å². The summed E-state index contributed by atoms with van der Waals surface area (Å²) in [4.78, 5) is 62.3. The molecule has 2 atom stereocenters. The van der Waals surface area contributed by atoms with Gasteiger partial charge in [0.25, 0.3) is 0 Å². The van der Waals surface area contributed by atoms with Gasteiger partial charge in [-0.1, -0.05) is 30.3 Å². The molecule has 0 bridgehead atoms. The molecule has 2 aromatic rings. The van der Waals surface area contributed by atoms with E-state index in [2.05, 4.69) is 10.6 Å². The molecule has 2 aromatic carbocycles. The lowest BCUT2D eigenvalue weighted by atomic mass is 9.99. The zero-order valence-electron chi connectivity index (χ0n) is 24.9. The minimum absolute atomic E-state index is 0.0395. The highest BCUT2D eigenvalue weighted by Crippen LogP contribution is 2.26. The van der Waals surface area contributed by atoms with Gasteiger partial charge in [-0.25, -0.2) is 4.79 Å². The number of carbonyl (C=O) groups excluding carboxylic acids is 4. The summed E-state index contributed by atoms with van der Waals surface area (Å²) in [6.07, 6.45) is 0.431. The largest absolute Gasteiger partial charge is 0.496 e. The smallest absolute Gasteiger partial charge is 0.412 e. The van der Waals surface area contributed by atoms with E-state index in [1.54, 1.807) is 45.0 Å². The first kappa shape index (κ1) is 33.1. The lowest BCUT2D eigenvalue weighted by Crippen LogP contribution is -2.50. The van der Waals surface area contributed by atoms with Gasteiger partial charge in [-0.3, -0.25) is 24.1 Å². The average molecular weight is 598 g/mol. The van der Waals surface area contributed by atoms with Crippen molar-refractivity contribution in [2.45, 2.75) is 64.3 Å². The number of ether oxygens (including phenoxy) is 3. The van der Waals surface area contributed by atoms with Crippen molar-refractivity contribution in [1.82, 2.24) is 15.5 Å². The number of carbonyl (C=O) groups is 5. The molecule has 3 rings (SSSR count). The quantitative estimate of drug-likeness (QED) is 0.312. The van der Waals surface area contributed by atoms with Gasteiger partial charge in [0.1, 0.15) is 30.2 Å². The van der Waals surface area contributed by atoms with Gasteiger partial charge in [0.15, 0.2) is 6.29 Å². The molecule has 12 nitrogen and oxygen atoms in total. The average Bonchev–Trinajstić information content (AvgIpc) is 2.97. The number of carboxylic acid groups (broad SMARTS) is 1. The van der Waals surface area contributed by atoms with Crippen LogP contribution in [0, 0.1) is 0 Å². The Morgan fingerprint density at radius 1 is 1.12 bits per heavy atom. The molecule has 43 heavy (non-hydrogen) atoms. The van der Waals surface area contributed by atoms with Gasteiger partial charge in [0.05, 0.1) is 19.3 Å². The molecule has 1 aliphatic rings. The molecule has 1 unspecified atom stereocenters. The normalized spacial score (nSPS) is 15.6. The molecule has 1 fully saturated rings. The van der Waals surface area contributed by atoms with Gasteiger partial charge in [-0.15, -0.1) is 0 Å². The van der Waals surface area contributed by atoms with Crippen molar-refractivity contribution in [2.24, 2.45) is 0 Å². The zero-order chi connectivity index (χ0) is 31.6. The van der Waals surface area contributed by atoms with E-state index < -0.39 is 48.3 Å². The monoisotopic (exact) mass is 597 g/mol. The fraction of sp³-hybridized carbons (Fsp3) is 0.452. The first-order valence-electron chi connectivity index (χ1n) is 14.0. The van der Waals surface area contributed by atoms with Crippen LogP contribution in [0.25, 0.3) is 11.1 Å². The van der Waals surface area contributed by atoms with Gasteiger partial charge in [0.2, 0.25) is 11.8 Å². The van der Waals surface area contributed by atoms with Crippen molar-refractivity contribution in [2.75, 3.05) is 26.8 Å². The van der Waals surface area contributed by atoms with Crippen LogP contribution >= 0.6 is 0 Å². The summed E-state index contributed by atoms with van der Waals surface area (Å²) in [5.74, 6) is -1.84. The predicted molar refractivity (Wildman–Crippen MR) is 157 cm³/mol. The summed E-state index contributed by atoms with van der Waals surface area (Å²) >= 11 is 0. The van der Waals surface area contributed by atoms with Crippen molar-refractivity contribution in [3.63, 3.8) is 0 Å². The summed E-state index contributed by atoms with van der Waals surface area (Å²) in [5, 5.41) is 14.0. The maximum Gasteiger partial charge on any atom is 0.412 e. The highest BCUT2D eigenvalue weighted by atomic mass is 16.6. The Morgan fingerprint density at radius 3 is 2.44 bits per heavy atom. The second kappa shape index (κ2) is 15.1. The molecule has 12 heteroatoms. The van der Waals surface area contributed by atoms with Crippen LogP contribution in [0.1, 0.15) is 56.0 Å². The Hall–Kier alpha value is -4.45. The van der Waals surface area contributed by atoms with Gasteiger partial charge in [-0.05, 0) is 56.0 Å². The number of hydrogen-bond donors (Lipinski definition) is 3. The van der Waals surface area contributed by atoms with Crippen molar-refractivity contribution in [3.8, 4) is 16.9 Å². The molecular weight excluding hydrogens is 558 g/mol. The number of nitrogens with zero attached hydrogens (tertiary/aromatic N) is 1. The highest BCUT2D eigenvalue weighted by molar-refractivity contribution is 5.89. The molecule has 1 saturated heterocycles. The van der Waals surface area contributed by atoms with Crippen LogP contribution < -0.4 is 15.4 Å². The SMILES string of the molecule is COc1ccc(-c2ccc(C[C@H](NC(=O)CCC3OCCCN3C(=O)OC(C)(C)C)C(=O)NCC(=O)O)cc2)cc1C=O. The molecule has 0 aliphatic carbocycles. The third kappa shape index (κ3) is 10.1. The first-order valence-corrected chi connectivity index (χ1v) is 14.0. The standard InChI is InChI=1S/C31H39N3O9/c1-31(2,3)43-30(40)34-14-5-15-42-27(34)13-12-26(36)33-24(29(39)32-18-28(37)38)16-20-6-8-21(9-7-20)22-10-11-25(41-4)23(17-22)19-35/h6-11,17,19,24,27H,5,12-16,18H2,1-4H3,(H,32,39)(H,33,36)(H,37,38)/t24-,27?/m0/s1. The van der Waals surface area contributed by atoms with Crippen LogP contribution in [0.15, 0.2) is 42.5 Å². The van der Waals surface area contributed by atoms with E-state index in [1.807, 2.05) is 18.2 Å². The third-order valence-electron chi connectivity index (χ3n) is 6.60. The van der Waals surface area contributed by atoms with Crippen LogP contribution in [-0.2, 0) is 30.3 Å². The fourth-order valence-corrected chi connectivity index (χ4v) is 4.55. The number of hydrogen-bond acceptors (Lipinski definition) is 8.